The van der Waals surface area contributed by atoms with E-state index in [1.165, 1.54) is 12.8 Å². The van der Waals surface area contributed by atoms with Crippen LogP contribution in [-0.2, 0) is 0 Å². The highest BCUT2D eigenvalue weighted by Crippen LogP contribution is 2.30. The van der Waals surface area contributed by atoms with Crippen LogP contribution < -0.4 is 5.32 Å². The number of fused-ring (bicyclic) bond motifs is 2. The number of hydrogen-bond acceptors (Lipinski definition) is 3. The Bertz CT molecular complexity index is 797. The normalized spacial score (nSPS) is 24.2. The maximum Gasteiger partial charge on any atom is 0.257 e. The van der Waals surface area contributed by atoms with Crippen molar-refractivity contribution in [1.29, 1.82) is 0 Å². The highest BCUT2D eigenvalue weighted by Gasteiger charge is 2.36. The summed E-state index contributed by atoms with van der Waals surface area (Å²) in [5, 5.41) is 8.97. The van der Waals surface area contributed by atoms with Crippen LogP contribution >= 0.6 is 35.6 Å². The Morgan fingerprint density at radius 1 is 1.27 bits per heavy atom. The van der Waals surface area contributed by atoms with Gasteiger partial charge in [-0.25, -0.2) is 4.68 Å². The lowest BCUT2D eigenvalue weighted by molar-refractivity contribution is 0.0681. The Balaban J connectivity index is 0.00000196. The van der Waals surface area contributed by atoms with E-state index in [1.807, 2.05) is 11.9 Å². The van der Waals surface area contributed by atoms with E-state index in [0.29, 0.717) is 33.4 Å². The van der Waals surface area contributed by atoms with Gasteiger partial charge in [0.15, 0.2) is 0 Å². The lowest BCUT2D eigenvalue weighted by Crippen LogP contribution is -2.48. The summed E-state index contributed by atoms with van der Waals surface area (Å²) in [6.45, 7) is 0. The Hall–Kier alpha value is -1.27. The predicted octanol–water partition coefficient (Wildman–Crippen LogP) is 3.96. The maximum atomic E-state index is 12.9. The number of hydrogen-bond donors (Lipinski definition) is 1. The van der Waals surface area contributed by atoms with Gasteiger partial charge in [-0.3, -0.25) is 4.79 Å². The van der Waals surface area contributed by atoms with Crippen LogP contribution in [0.4, 0.5) is 0 Å². The van der Waals surface area contributed by atoms with Gasteiger partial charge in [0, 0.05) is 36.4 Å². The summed E-state index contributed by atoms with van der Waals surface area (Å²) < 4.78 is 1.62. The van der Waals surface area contributed by atoms with E-state index in [-0.39, 0.29) is 24.4 Å². The van der Waals surface area contributed by atoms with Crippen molar-refractivity contribution in [1.82, 2.24) is 20.0 Å². The molecule has 2 aromatic rings. The molecule has 2 fully saturated rings. The number of nitrogens with one attached hydrogen (secondary N) is 1. The van der Waals surface area contributed by atoms with Crippen molar-refractivity contribution in [3.8, 4) is 5.69 Å². The van der Waals surface area contributed by atoms with Crippen molar-refractivity contribution in [2.45, 2.75) is 43.8 Å². The Kier molecular flexibility index (Phi) is 5.82. The van der Waals surface area contributed by atoms with Gasteiger partial charge in [-0.15, -0.1) is 12.4 Å². The third-order valence-electron chi connectivity index (χ3n) is 5.30. The van der Waals surface area contributed by atoms with Crippen molar-refractivity contribution in [2.24, 2.45) is 0 Å². The van der Waals surface area contributed by atoms with E-state index in [4.69, 9.17) is 23.2 Å². The van der Waals surface area contributed by atoms with Crippen molar-refractivity contribution >= 4 is 41.5 Å². The molecule has 2 aliphatic heterocycles. The van der Waals surface area contributed by atoms with Gasteiger partial charge in [0.05, 0.1) is 22.5 Å². The lowest BCUT2D eigenvalue weighted by atomic mass is 9.98. The smallest absolute Gasteiger partial charge is 0.257 e. The molecule has 4 rings (SSSR count). The second-order valence-corrected chi connectivity index (χ2v) is 7.79. The molecule has 5 nitrogen and oxygen atoms in total. The van der Waals surface area contributed by atoms with Crippen LogP contribution in [0.3, 0.4) is 0 Å². The topological polar surface area (TPSA) is 50.2 Å². The van der Waals surface area contributed by atoms with Crippen LogP contribution in [0, 0.1) is 0 Å². The number of carbonyl (C=O) groups is 1. The first kappa shape index (κ1) is 19.5. The molecule has 1 aromatic heterocycles. The van der Waals surface area contributed by atoms with Gasteiger partial charge >= 0.3 is 0 Å². The highest BCUT2D eigenvalue weighted by molar-refractivity contribution is 6.35. The van der Waals surface area contributed by atoms with E-state index >= 15 is 0 Å². The first-order valence-electron chi connectivity index (χ1n) is 8.54. The van der Waals surface area contributed by atoms with E-state index in [0.717, 1.165) is 12.8 Å². The van der Waals surface area contributed by atoms with Gasteiger partial charge in [-0.05, 0) is 43.9 Å². The number of rotatable bonds is 3. The summed E-state index contributed by atoms with van der Waals surface area (Å²) in [6.07, 6.45) is 7.81. The quantitative estimate of drug-likeness (QED) is 0.825. The van der Waals surface area contributed by atoms with Crippen molar-refractivity contribution in [3.05, 3.63) is 46.2 Å². The van der Waals surface area contributed by atoms with Crippen molar-refractivity contribution < 1.29 is 4.79 Å². The number of amides is 1. The fourth-order valence-corrected chi connectivity index (χ4v) is 4.44. The largest absolute Gasteiger partial charge is 0.339 e. The third-order valence-corrected chi connectivity index (χ3v) is 5.84. The molecule has 2 bridgehead atoms. The molecule has 2 atom stereocenters. The summed E-state index contributed by atoms with van der Waals surface area (Å²) in [7, 11) is 1.89. The Morgan fingerprint density at radius 3 is 2.62 bits per heavy atom. The molecule has 0 radical (unpaired) electrons. The van der Waals surface area contributed by atoms with Crippen molar-refractivity contribution in [2.75, 3.05) is 7.05 Å². The molecule has 140 valence electrons. The summed E-state index contributed by atoms with van der Waals surface area (Å²) in [4.78, 5) is 14.7. The number of piperidine rings is 1. The molecule has 0 saturated carbocycles. The fraction of sp³-hybridized carbons (Fsp3) is 0.444. The van der Waals surface area contributed by atoms with Gasteiger partial charge in [0.2, 0.25) is 0 Å². The Morgan fingerprint density at radius 2 is 1.96 bits per heavy atom. The molecule has 2 aliphatic rings. The van der Waals surface area contributed by atoms with Gasteiger partial charge in [-0.1, -0.05) is 23.2 Å². The number of aromatic nitrogens is 2. The summed E-state index contributed by atoms with van der Waals surface area (Å²) >= 11 is 12.2. The molecule has 3 heterocycles. The van der Waals surface area contributed by atoms with E-state index in [2.05, 4.69) is 10.4 Å². The summed E-state index contributed by atoms with van der Waals surface area (Å²) in [5.74, 6) is 0.00244. The van der Waals surface area contributed by atoms with E-state index in [9.17, 15) is 4.79 Å². The second kappa shape index (κ2) is 7.77. The maximum absolute atomic E-state index is 12.9. The molecule has 1 N–H and O–H groups in total. The molecule has 1 aromatic carbocycles. The molecule has 2 unspecified atom stereocenters. The summed E-state index contributed by atoms with van der Waals surface area (Å²) in [6, 6.07) is 6.60. The zero-order chi connectivity index (χ0) is 17.6. The number of benzene rings is 1. The number of carbonyl (C=O) groups excluding carboxylic acids is 1. The van der Waals surface area contributed by atoms with Gasteiger partial charge in [0.25, 0.3) is 5.91 Å². The standard InChI is InChI=1S/C18H20Cl2N4O.ClH/c1-23(15-7-13-3-4-14(8-15)22-13)18(25)11-9-21-24(10-11)17-5-2-12(19)6-16(17)20;/h2,5-6,9-10,13-15,22H,3-4,7-8H2,1H3;1H. The molecule has 0 spiro atoms. The SMILES string of the molecule is CN(C(=O)c1cnn(-c2ccc(Cl)cc2Cl)c1)C1CC2CCC(C1)N2.Cl. The molecular formula is C18H21Cl3N4O. The zero-order valence-electron chi connectivity index (χ0n) is 14.4. The monoisotopic (exact) mass is 414 g/mol. The molecule has 2 saturated heterocycles. The zero-order valence-corrected chi connectivity index (χ0v) is 16.7. The number of nitrogens with zero attached hydrogens (tertiary/aromatic N) is 3. The van der Waals surface area contributed by atoms with Crippen LogP contribution in [0.25, 0.3) is 5.69 Å². The van der Waals surface area contributed by atoms with Crippen LogP contribution in [0.1, 0.15) is 36.0 Å². The van der Waals surface area contributed by atoms with Crippen molar-refractivity contribution in [3.63, 3.8) is 0 Å². The van der Waals surface area contributed by atoms with Crippen LogP contribution in [0.2, 0.25) is 10.0 Å². The minimum atomic E-state index is 0. The average Bonchev–Trinajstić information content (AvgIpc) is 3.20. The van der Waals surface area contributed by atoms with Gasteiger partial charge in [-0.2, -0.15) is 5.10 Å². The molecule has 26 heavy (non-hydrogen) atoms. The second-order valence-electron chi connectivity index (χ2n) is 6.95. The molecular weight excluding hydrogens is 395 g/mol. The fourth-order valence-electron chi connectivity index (χ4n) is 3.94. The first-order chi connectivity index (χ1) is 12.0. The lowest BCUT2D eigenvalue weighted by Gasteiger charge is -2.35. The third kappa shape index (κ3) is 3.72. The minimum Gasteiger partial charge on any atom is -0.339 e. The van der Waals surface area contributed by atoms with Crippen LogP contribution in [0.5, 0.6) is 0 Å². The molecule has 8 heteroatoms. The van der Waals surface area contributed by atoms with E-state index < -0.39 is 0 Å². The molecule has 1 amide bonds. The number of halogens is 3. The average molecular weight is 416 g/mol. The minimum absolute atomic E-state index is 0. The Labute approximate surface area is 169 Å². The predicted molar refractivity (Wildman–Crippen MR) is 106 cm³/mol. The first-order valence-corrected chi connectivity index (χ1v) is 9.30. The van der Waals surface area contributed by atoms with E-state index in [1.54, 1.807) is 35.3 Å². The molecule has 0 aliphatic carbocycles. The highest BCUT2D eigenvalue weighted by atomic mass is 35.5. The summed E-state index contributed by atoms with van der Waals surface area (Å²) in [5.41, 5.74) is 1.27. The van der Waals surface area contributed by atoms with Crippen LogP contribution in [0.15, 0.2) is 30.6 Å². The van der Waals surface area contributed by atoms with Gasteiger partial charge < -0.3 is 10.2 Å². The van der Waals surface area contributed by atoms with Gasteiger partial charge in [0.1, 0.15) is 0 Å². The van der Waals surface area contributed by atoms with Crippen LogP contribution in [-0.4, -0.2) is 45.8 Å².